The highest BCUT2D eigenvalue weighted by Crippen LogP contribution is 2.22. The van der Waals surface area contributed by atoms with Crippen molar-refractivity contribution >= 4 is 28.8 Å². The molecule has 0 radical (unpaired) electrons. The van der Waals surface area contributed by atoms with Gasteiger partial charge >= 0.3 is 0 Å². The van der Waals surface area contributed by atoms with Crippen LogP contribution in [-0.2, 0) is 0 Å². The van der Waals surface area contributed by atoms with E-state index in [2.05, 4.69) is 27.7 Å². The SMILES string of the molecule is ON=Cc1ccc(-c2cccc(I)c2)o1. The van der Waals surface area contributed by atoms with E-state index in [0.29, 0.717) is 5.76 Å². The Hall–Kier alpha value is -1.30. The van der Waals surface area contributed by atoms with E-state index in [4.69, 9.17) is 9.62 Å². The molecule has 0 amide bonds. The second-order valence-corrected chi connectivity index (χ2v) is 4.20. The van der Waals surface area contributed by atoms with Gasteiger partial charge in [-0.05, 0) is 46.9 Å². The first-order valence-electron chi connectivity index (χ1n) is 4.33. The highest BCUT2D eigenvalue weighted by atomic mass is 127. The van der Waals surface area contributed by atoms with E-state index in [1.165, 1.54) is 6.21 Å². The maximum atomic E-state index is 8.35. The number of hydrogen-bond donors (Lipinski definition) is 1. The molecule has 3 nitrogen and oxygen atoms in total. The zero-order valence-corrected chi connectivity index (χ0v) is 9.88. The second kappa shape index (κ2) is 4.48. The molecule has 0 fully saturated rings. The van der Waals surface area contributed by atoms with Crippen molar-refractivity contribution in [3.05, 3.63) is 45.7 Å². The average Bonchev–Trinajstić information content (AvgIpc) is 2.67. The molecular weight excluding hydrogens is 305 g/mol. The number of rotatable bonds is 2. The third-order valence-corrected chi connectivity index (χ3v) is 2.59. The minimum Gasteiger partial charge on any atom is -0.455 e. The molecule has 1 N–H and O–H groups in total. The van der Waals surface area contributed by atoms with Crippen molar-refractivity contribution in [3.63, 3.8) is 0 Å². The molecule has 0 aliphatic heterocycles. The number of nitrogens with zero attached hydrogens (tertiary/aromatic N) is 1. The van der Waals surface area contributed by atoms with Gasteiger partial charge in [-0.2, -0.15) is 0 Å². The third-order valence-electron chi connectivity index (χ3n) is 1.92. The van der Waals surface area contributed by atoms with Gasteiger partial charge in [0.1, 0.15) is 17.7 Å². The minimum atomic E-state index is 0.534. The van der Waals surface area contributed by atoms with Crippen molar-refractivity contribution < 1.29 is 9.62 Å². The van der Waals surface area contributed by atoms with Gasteiger partial charge < -0.3 is 9.62 Å². The summed E-state index contributed by atoms with van der Waals surface area (Å²) in [5.74, 6) is 1.30. The molecule has 1 aromatic heterocycles. The van der Waals surface area contributed by atoms with Gasteiger partial charge in [0, 0.05) is 9.13 Å². The Labute approximate surface area is 101 Å². The van der Waals surface area contributed by atoms with E-state index in [-0.39, 0.29) is 0 Å². The van der Waals surface area contributed by atoms with E-state index < -0.39 is 0 Å². The van der Waals surface area contributed by atoms with Crippen molar-refractivity contribution in [3.8, 4) is 11.3 Å². The zero-order chi connectivity index (χ0) is 10.7. The summed E-state index contributed by atoms with van der Waals surface area (Å²) in [5.41, 5.74) is 1.01. The first kappa shape index (κ1) is 10.2. The molecule has 4 heteroatoms. The predicted octanol–water partition coefficient (Wildman–Crippen LogP) is 3.36. The summed E-state index contributed by atoms with van der Waals surface area (Å²) in [5, 5.41) is 11.3. The van der Waals surface area contributed by atoms with Crippen molar-refractivity contribution in [2.45, 2.75) is 0 Å². The molecule has 1 heterocycles. The van der Waals surface area contributed by atoms with Crippen LogP contribution < -0.4 is 0 Å². The summed E-state index contributed by atoms with van der Waals surface area (Å²) in [6, 6.07) is 11.6. The first-order valence-corrected chi connectivity index (χ1v) is 5.40. The fraction of sp³-hybridized carbons (Fsp3) is 0. The lowest BCUT2D eigenvalue weighted by molar-refractivity contribution is 0.321. The van der Waals surface area contributed by atoms with Gasteiger partial charge in [0.25, 0.3) is 0 Å². The van der Waals surface area contributed by atoms with Crippen LogP contribution in [0.5, 0.6) is 0 Å². The molecule has 0 aliphatic rings. The maximum Gasteiger partial charge on any atom is 0.149 e. The topological polar surface area (TPSA) is 45.7 Å². The molecule has 0 saturated carbocycles. The van der Waals surface area contributed by atoms with E-state index in [9.17, 15) is 0 Å². The Morgan fingerprint density at radius 3 is 2.87 bits per heavy atom. The zero-order valence-electron chi connectivity index (χ0n) is 7.72. The number of hydrogen-bond acceptors (Lipinski definition) is 3. The average molecular weight is 313 g/mol. The van der Waals surface area contributed by atoms with Crippen molar-refractivity contribution in [1.29, 1.82) is 0 Å². The van der Waals surface area contributed by atoms with Crippen LogP contribution in [0, 0.1) is 3.57 Å². The monoisotopic (exact) mass is 313 g/mol. The van der Waals surface area contributed by atoms with Gasteiger partial charge in [-0.25, -0.2) is 0 Å². The third kappa shape index (κ3) is 2.38. The lowest BCUT2D eigenvalue weighted by atomic mass is 10.2. The first-order chi connectivity index (χ1) is 7.29. The Morgan fingerprint density at radius 1 is 1.27 bits per heavy atom. The van der Waals surface area contributed by atoms with Crippen LogP contribution in [0.2, 0.25) is 0 Å². The van der Waals surface area contributed by atoms with Crippen LogP contribution >= 0.6 is 22.6 Å². The molecule has 15 heavy (non-hydrogen) atoms. The van der Waals surface area contributed by atoms with Crippen LogP contribution in [0.3, 0.4) is 0 Å². The van der Waals surface area contributed by atoms with Crippen molar-refractivity contribution in [2.24, 2.45) is 5.16 Å². The molecule has 0 aliphatic carbocycles. The smallest absolute Gasteiger partial charge is 0.149 e. The molecule has 76 valence electrons. The number of furan rings is 1. The number of halogens is 1. The van der Waals surface area contributed by atoms with Crippen LogP contribution in [0.25, 0.3) is 11.3 Å². The predicted molar refractivity (Wildman–Crippen MR) is 66.2 cm³/mol. The van der Waals surface area contributed by atoms with Gasteiger partial charge in [0.15, 0.2) is 0 Å². The van der Waals surface area contributed by atoms with Gasteiger partial charge in [-0.1, -0.05) is 17.3 Å². The minimum absolute atomic E-state index is 0.534. The van der Waals surface area contributed by atoms with E-state index in [1.54, 1.807) is 6.07 Å². The molecule has 0 bridgehead atoms. The Balaban J connectivity index is 2.37. The van der Waals surface area contributed by atoms with Crippen molar-refractivity contribution in [1.82, 2.24) is 0 Å². The molecule has 0 spiro atoms. The molecule has 0 saturated heterocycles. The van der Waals surface area contributed by atoms with Gasteiger partial charge in [0.2, 0.25) is 0 Å². The highest BCUT2D eigenvalue weighted by molar-refractivity contribution is 14.1. The molecule has 0 unspecified atom stereocenters. The Morgan fingerprint density at radius 2 is 2.13 bits per heavy atom. The van der Waals surface area contributed by atoms with Gasteiger partial charge in [-0.15, -0.1) is 0 Å². The van der Waals surface area contributed by atoms with Gasteiger partial charge in [-0.3, -0.25) is 0 Å². The van der Waals surface area contributed by atoms with E-state index in [1.807, 2.05) is 30.3 Å². The summed E-state index contributed by atoms with van der Waals surface area (Å²) < 4.78 is 6.60. The van der Waals surface area contributed by atoms with Crippen LogP contribution in [0.15, 0.2) is 46.0 Å². The van der Waals surface area contributed by atoms with Crippen molar-refractivity contribution in [2.75, 3.05) is 0 Å². The summed E-state index contributed by atoms with van der Waals surface area (Å²) >= 11 is 2.25. The summed E-state index contributed by atoms with van der Waals surface area (Å²) in [6.45, 7) is 0. The van der Waals surface area contributed by atoms with E-state index in [0.717, 1.165) is 14.9 Å². The Bertz CT molecular complexity index is 491. The molecular formula is C11H8INO2. The second-order valence-electron chi connectivity index (χ2n) is 2.96. The lowest BCUT2D eigenvalue weighted by Crippen LogP contribution is -1.76. The van der Waals surface area contributed by atoms with Crippen LogP contribution in [-0.4, -0.2) is 11.4 Å². The summed E-state index contributed by atoms with van der Waals surface area (Å²) in [6.07, 6.45) is 1.26. The number of benzene rings is 1. The van der Waals surface area contributed by atoms with E-state index >= 15 is 0 Å². The molecule has 1 aromatic carbocycles. The lowest BCUT2D eigenvalue weighted by Gasteiger charge is -1.96. The summed E-state index contributed by atoms with van der Waals surface area (Å²) in [7, 11) is 0. The normalized spacial score (nSPS) is 11.0. The van der Waals surface area contributed by atoms with Crippen LogP contribution in [0.4, 0.5) is 0 Å². The maximum absolute atomic E-state index is 8.35. The summed E-state index contributed by atoms with van der Waals surface area (Å²) in [4.78, 5) is 0. The fourth-order valence-corrected chi connectivity index (χ4v) is 1.82. The van der Waals surface area contributed by atoms with Crippen LogP contribution in [0.1, 0.15) is 5.76 Å². The largest absolute Gasteiger partial charge is 0.455 e. The molecule has 0 atom stereocenters. The molecule has 2 aromatic rings. The fourth-order valence-electron chi connectivity index (χ4n) is 1.28. The molecule has 2 rings (SSSR count). The highest BCUT2D eigenvalue weighted by Gasteiger charge is 2.03. The quantitative estimate of drug-likeness (QED) is 0.400. The van der Waals surface area contributed by atoms with Gasteiger partial charge in [0.05, 0.1) is 0 Å². The Kier molecular flexibility index (Phi) is 3.05. The standard InChI is InChI=1S/C11H8INO2/c12-9-3-1-2-8(6-9)11-5-4-10(15-11)7-13-14/h1-7,14H. The number of oxime groups is 1.